The third-order valence-electron chi connectivity index (χ3n) is 5.86. The molecule has 0 saturated heterocycles. The molecule has 0 amide bonds. The number of nitrogens with zero attached hydrogens (tertiary/aromatic N) is 4. The molecule has 1 saturated carbocycles. The van der Waals surface area contributed by atoms with Crippen molar-refractivity contribution in [2.24, 2.45) is 17.3 Å². The van der Waals surface area contributed by atoms with Crippen molar-refractivity contribution < 1.29 is 4.39 Å². The quantitative estimate of drug-likeness (QED) is 0.764. The van der Waals surface area contributed by atoms with Crippen LogP contribution in [0.5, 0.6) is 0 Å². The van der Waals surface area contributed by atoms with E-state index in [4.69, 9.17) is 17.0 Å². The predicted octanol–water partition coefficient (Wildman–Crippen LogP) is 4.04. The molecule has 0 spiro atoms. The van der Waals surface area contributed by atoms with Gasteiger partial charge in [-0.3, -0.25) is 4.90 Å². The summed E-state index contributed by atoms with van der Waals surface area (Å²) in [4.78, 5) is 2.14. The van der Waals surface area contributed by atoms with E-state index in [9.17, 15) is 20.2 Å². The van der Waals surface area contributed by atoms with Gasteiger partial charge in [-0.05, 0) is 31.6 Å². The van der Waals surface area contributed by atoms with Gasteiger partial charge in [0.1, 0.15) is 11.7 Å². The summed E-state index contributed by atoms with van der Waals surface area (Å²) in [5.74, 6) is -3.03. The van der Waals surface area contributed by atoms with Crippen LogP contribution < -0.4 is 0 Å². The van der Waals surface area contributed by atoms with Gasteiger partial charge in [0.2, 0.25) is 0 Å². The second kappa shape index (κ2) is 7.36. The molecule has 1 aromatic rings. The molecule has 3 unspecified atom stereocenters. The number of hydrogen-bond acceptors (Lipinski definition) is 5. The van der Waals surface area contributed by atoms with Crippen LogP contribution >= 0.6 is 11.6 Å². The highest BCUT2D eigenvalue weighted by molar-refractivity contribution is 6.31. The summed E-state index contributed by atoms with van der Waals surface area (Å²) in [6, 6.07) is 10.4. The van der Waals surface area contributed by atoms with E-state index in [2.05, 4.69) is 11.0 Å². The Bertz CT molecular complexity index is 944. The Morgan fingerprint density at radius 2 is 1.96 bits per heavy atom. The summed E-state index contributed by atoms with van der Waals surface area (Å²) >= 11 is 6.32. The Morgan fingerprint density at radius 1 is 1.29 bits per heavy atom. The van der Waals surface area contributed by atoms with E-state index < -0.39 is 29.0 Å². The molecule has 1 aromatic carbocycles. The number of halogens is 2. The van der Waals surface area contributed by atoms with E-state index in [1.807, 2.05) is 32.1 Å². The lowest BCUT2D eigenvalue weighted by Crippen LogP contribution is -2.54. The van der Waals surface area contributed by atoms with Gasteiger partial charge in [-0.2, -0.15) is 15.8 Å². The van der Waals surface area contributed by atoms with Crippen LogP contribution in [0.2, 0.25) is 5.02 Å². The summed E-state index contributed by atoms with van der Waals surface area (Å²) < 4.78 is 14.9. The molecule has 7 heteroatoms. The maximum Gasteiger partial charge on any atom is 0.189 e. The minimum absolute atomic E-state index is 0.0647. The first-order valence-electron chi connectivity index (χ1n) is 9.01. The molecular weight excluding hydrogens is 377 g/mol. The fourth-order valence-electron chi connectivity index (χ4n) is 4.37. The lowest BCUT2D eigenvalue weighted by molar-refractivity contribution is 0.170. The molecule has 0 bridgehead atoms. The van der Waals surface area contributed by atoms with Crippen molar-refractivity contribution in [3.8, 4) is 18.2 Å². The summed E-state index contributed by atoms with van der Waals surface area (Å²) in [5, 5.41) is 38.3. The molecule has 0 aromatic heterocycles. The van der Waals surface area contributed by atoms with Crippen LogP contribution in [-0.4, -0.2) is 29.7 Å². The normalized spacial score (nSPS) is 26.6. The van der Waals surface area contributed by atoms with E-state index in [0.717, 1.165) is 0 Å². The van der Waals surface area contributed by atoms with Crippen molar-refractivity contribution >= 4 is 17.3 Å². The largest absolute Gasteiger partial charge is 0.305 e. The molecule has 0 radical (unpaired) electrons. The second-order valence-electron chi connectivity index (χ2n) is 7.48. The first-order valence-corrected chi connectivity index (χ1v) is 9.39. The first kappa shape index (κ1) is 20.0. The van der Waals surface area contributed by atoms with Crippen LogP contribution in [0.25, 0.3) is 0 Å². The van der Waals surface area contributed by atoms with Gasteiger partial charge in [-0.15, -0.1) is 0 Å². The van der Waals surface area contributed by atoms with E-state index in [0.29, 0.717) is 18.7 Å². The van der Waals surface area contributed by atoms with Crippen molar-refractivity contribution in [2.75, 3.05) is 13.1 Å². The van der Waals surface area contributed by atoms with Gasteiger partial charge in [0, 0.05) is 41.6 Å². The summed E-state index contributed by atoms with van der Waals surface area (Å²) in [6.45, 7) is 5.10. The van der Waals surface area contributed by atoms with Crippen molar-refractivity contribution in [2.45, 2.75) is 25.8 Å². The Hall–Kier alpha value is -2.72. The Kier molecular flexibility index (Phi) is 5.26. The maximum absolute atomic E-state index is 14.9. The van der Waals surface area contributed by atoms with Crippen LogP contribution in [0.15, 0.2) is 29.8 Å². The van der Waals surface area contributed by atoms with Crippen molar-refractivity contribution in [3.63, 3.8) is 0 Å². The number of fused-ring (bicyclic) bond motifs is 1. The Balaban J connectivity index is 2.32. The molecule has 5 nitrogen and oxygen atoms in total. The van der Waals surface area contributed by atoms with Crippen molar-refractivity contribution in [3.05, 3.63) is 46.3 Å². The minimum atomic E-state index is -1.96. The van der Waals surface area contributed by atoms with Gasteiger partial charge in [0.05, 0.1) is 23.9 Å². The molecule has 1 heterocycles. The van der Waals surface area contributed by atoms with Crippen molar-refractivity contribution in [1.82, 2.24) is 4.90 Å². The van der Waals surface area contributed by atoms with Crippen LogP contribution in [0.4, 0.5) is 4.39 Å². The van der Waals surface area contributed by atoms with E-state index in [1.165, 1.54) is 18.2 Å². The lowest BCUT2D eigenvalue weighted by Gasteiger charge is -2.48. The monoisotopic (exact) mass is 395 g/mol. The van der Waals surface area contributed by atoms with Crippen LogP contribution in [-0.2, 0) is 0 Å². The van der Waals surface area contributed by atoms with Crippen LogP contribution in [0, 0.1) is 62.5 Å². The number of benzene rings is 1. The van der Waals surface area contributed by atoms with Crippen LogP contribution in [0.1, 0.15) is 25.3 Å². The SMILES string of the molecule is CC(C)N1CC=C2C(C#N)C(=N)C(C#N)(C#N)C(c3c(F)cccc3Cl)C2C1. The maximum atomic E-state index is 14.9. The topological polar surface area (TPSA) is 98.5 Å². The van der Waals surface area contributed by atoms with E-state index >= 15 is 0 Å². The summed E-state index contributed by atoms with van der Waals surface area (Å²) in [6.07, 6.45) is 1.89. The highest BCUT2D eigenvalue weighted by Crippen LogP contribution is 2.55. The van der Waals surface area contributed by atoms with E-state index in [-0.39, 0.29) is 22.3 Å². The number of hydrogen-bond donors (Lipinski definition) is 1. The molecule has 1 N–H and O–H groups in total. The van der Waals surface area contributed by atoms with Gasteiger partial charge in [0.25, 0.3) is 0 Å². The third-order valence-corrected chi connectivity index (χ3v) is 6.19. The fraction of sp³-hybridized carbons (Fsp3) is 0.429. The number of nitriles is 3. The van der Waals surface area contributed by atoms with Crippen LogP contribution in [0.3, 0.4) is 0 Å². The second-order valence-corrected chi connectivity index (χ2v) is 7.89. The summed E-state index contributed by atoms with van der Waals surface area (Å²) in [7, 11) is 0. The molecule has 2 aliphatic rings. The first-order chi connectivity index (χ1) is 13.3. The molecule has 28 heavy (non-hydrogen) atoms. The molecule has 1 aliphatic heterocycles. The number of rotatable bonds is 2. The zero-order valence-corrected chi connectivity index (χ0v) is 16.3. The van der Waals surface area contributed by atoms with Gasteiger partial charge in [-0.1, -0.05) is 23.7 Å². The lowest BCUT2D eigenvalue weighted by atomic mass is 9.54. The zero-order valence-electron chi connectivity index (χ0n) is 15.6. The van der Waals surface area contributed by atoms with Gasteiger partial charge in [-0.25, -0.2) is 4.39 Å². The predicted molar refractivity (Wildman–Crippen MR) is 103 cm³/mol. The Morgan fingerprint density at radius 3 is 2.50 bits per heavy atom. The third kappa shape index (κ3) is 2.80. The van der Waals surface area contributed by atoms with Gasteiger partial charge >= 0.3 is 0 Å². The standard InChI is InChI=1S/C21H19ClFN5/c1-12(2)28-7-6-13-14(8-24)20(27)21(10-25,11-26)19(15(13)9-28)18-16(22)4-3-5-17(18)23/h3-6,12,14-15,19,27H,7,9H2,1-2H3. The van der Waals surface area contributed by atoms with E-state index in [1.54, 1.807) is 0 Å². The molecule has 3 atom stereocenters. The minimum Gasteiger partial charge on any atom is -0.305 e. The molecular formula is C21H19ClFN5. The highest BCUT2D eigenvalue weighted by Gasteiger charge is 2.58. The zero-order chi connectivity index (χ0) is 20.6. The fourth-order valence-corrected chi connectivity index (χ4v) is 4.65. The van der Waals surface area contributed by atoms with Gasteiger partial charge in [0.15, 0.2) is 5.41 Å². The molecule has 142 valence electrons. The Labute approximate surface area is 168 Å². The van der Waals surface area contributed by atoms with Gasteiger partial charge < -0.3 is 5.41 Å². The summed E-state index contributed by atoms with van der Waals surface area (Å²) in [5.41, 5.74) is -1.52. The highest BCUT2D eigenvalue weighted by atomic mass is 35.5. The molecule has 1 aliphatic carbocycles. The molecule has 3 rings (SSSR count). The number of nitrogens with one attached hydrogen (secondary N) is 1. The molecule has 1 fully saturated rings. The average Bonchev–Trinajstić information content (AvgIpc) is 2.68. The van der Waals surface area contributed by atoms with Crippen molar-refractivity contribution in [1.29, 1.82) is 21.2 Å². The smallest absolute Gasteiger partial charge is 0.189 e. The average molecular weight is 396 g/mol.